The van der Waals surface area contributed by atoms with Gasteiger partial charge in [0.25, 0.3) is 0 Å². The van der Waals surface area contributed by atoms with Crippen LogP contribution < -0.4 is 14.8 Å². The molecule has 0 aromatic heterocycles. The summed E-state index contributed by atoms with van der Waals surface area (Å²) in [5, 5.41) is 13.1. The Morgan fingerprint density at radius 2 is 2.00 bits per heavy atom. The zero-order chi connectivity index (χ0) is 14.5. The Labute approximate surface area is 115 Å². The lowest BCUT2D eigenvalue weighted by molar-refractivity contribution is 0.0281. The predicted octanol–water partition coefficient (Wildman–Crippen LogP) is 2.34. The van der Waals surface area contributed by atoms with Gasteiger partial charge in [0.1, 0.15) is 18.1 Å². The van der Waals surface area contributed by atoms with Crippen molar-refractivity contribution >= 4 is 0 Å². The van der Waals surface area contributed by atoms with Crippen molar-refractivity contribution in [3.05, 3.63) is 23.8 Å². The van der Waals surface area contributed by atoms with Crippen LogP contribution in [-0.2, 0) is 6.54 Å². The van der Waals surface area contributed by atoms with Crippen LogP contribution in [0.2, 0.25) is 0 Å². The van der Waals surface area contributed by atoms with Crippen molar-refractivity contribution in [2.45, 2.75) is 45.9 Å². The summed E-state index contributed by atoms with van der Waals surface area (Å²) in [4.78, 5) is 0. The molecule has 0 unspecified atom stereocenters. The van der Waals surface area contributed by atoms with Gasteiger partial charge in [-0.3, -0.25) is 0 Å². The van der Waals surface area contributed by atoms with Crippen LogP contribution in [-0.4, -0.2) is 30.5 Å². The van der Waals surface area contributed by atoms with Crippen LogP contribution in [0.1, 0.15) is 33.3 Å². The van der Waals surface area contributed by atoms with Crippen LogP contribution in [0, 0.1) is 0 Å². The molecule has 4 nitrogen and oxygen atoms in total. The molecular weight excluding hydrogens is 242 g/mol. The van der Waals surface area contributed by atoms with E-state index in [1.165, 1.54) is 0 Å². The van der Waals surface area contributed by atoms with Crippen molar-refractivity contribution in [2.24, 2.45) is 0 Å². The van der Waals surface area contributed by atoms with E-state index >= 15 is 0 Å². The fourth-order valence-electron chi connectivity index (χ4n) is 1.53. The van der Waals surface area contributed by atoms with Gasteiger partial charge in [-0.05, 0) is 32.0 Å². The Balaban J connectivity index is 2.82. The SMILES string of the molecule is COc1ccc(OCC(C)(C)O)c(CNC(C)C)c1. The molecule has 0 aliphatic heterocycles. The molecule has 19 heavy (non-hydrogen) atoms. The number of hydrogen-bond acceptors (Lipinski definition) is 4. The number of rotatable bonds is 7. The second-order valence-corrected chi connectivity index (χ2v) is 5.61. The molecule has 4 heteroatoms. The maximum Gasteiger partial charge on any atom is 0.124 e. The van der Waals surface area contributed by atoms with Crippen molar-refractivity contribution < 1.29 is 14.6 Å². The van der Waals surface area contributed by atoms with Crippen LogP contribution in [0.5, 0.6) is 11.5 Å². The average molecular weight is 267 g/mol. The lowest BCUT2D eigenvalue weighted by atomic mass is 10.1. The quantitative estimate of drug-likeness (QED) is 0.796. The van der Waals surface area contributed by atoms with Crippen LogP contribution in [0.15, 0.2) is 18.2 Å². The van der Waals surface area contributed by atoms with Gasteiger partial charge in [-0.2, -0.15) is 0 Å². The molecule has 0 atom stereocenters. The first-order valence-corrected chi connectivity index (χ1v) is 6.57. The Hall–Kier alpha value is -1.26. The van der Waals surface area contributed by atoms with E-state index in [-0.39, 0.29) is 6.61 Å². The summed E-state index contributed by atoms with van der Waals surface area (Å²) in [6, 6.07) is 6.09. The zero-order valence-corrected chi connectivity index (χ0v) is 12.5. The van der Waals surface area contributed by atoms with Gasteiger partial charge in [-0.25, -0.2) is 0 Å². The lowest BCUT2D eigenvalue weighted by Gasteiger charge is -2.20. The minimum Gasteiger partial charge on any atom is -0.497 e. The van der Waals surface area contributed by atoms with Gasteiger partial charge in [-0.15, -0.1) is 0 Å². The van der Waals surface area contributed by atoms with Gasteiger partial charge in [0.05, 0.1) is 12.7 Å². The first-order valence-electron chi connectivity index (χ1n) is 6.57. The summed E-state index contributed by atoms with van der Waals surface area (Å²) in [6.07, 6.45) is 0. The third-order valence-electron chi connectivity index (χ3n) is 2.55. The Morgan fingerprint density at radius 1 is 1.32 bits per heavy atom. The van der Waals surface area contributed by atoms with Gasteiger partial charge in [-0.1, -0.05) is 13.8 Å². The molecule has 1 rings (SSSR count). The molecule has 108 valence electrons. The maximum absolute atomic E-state index is 9.72. The standard InChI is InChI=1S/C15H25NO3/c1-11(2)16-9-12-8-13(18-5)6-7-14(12)19-10-15(3,4)17/h6-8,11,16-17H,9-10H2,1-5H3. The molecule has 1 aromatic carbocycles. The highest BCUT2D eigenvalue weighted by atomic mass is 16.5. The fraction of sp³-hybridized carbons (Fsp3) is 0.600. The summed E-state index contributed by atoms with van der Waals surface area (Å²) in [6.45, 7) is 8.60. The number of nitrogens with one attached hydrogen (secondary N) is 1. The predicted molar refractivity (Wildman–Crippen MR) is 76.8 cm³/mol. The number of aliphatic hydroxyl groups is 1. The molecule has 0 spiro atoms. The second-order valence-electron chi connectivity index (χ2n) is 5.61. The number of methoxy groups -OCH3 is 1. The Bertz CT molecular complexity index is 397. The van der Waals surface area contributed by atoms with Crippen molar-refractivity contribution in [1.29, 1.82) is 0 Å². The zero-order valence-electron chi connectivity index (χ0n) is 12.5. The molecule has 0 fully saturated rings. The molecule has 0 heterocycles. The molecule has 0 radical (unpaired) electrons. The maximum atomic E-state index is 9.72. The van der Waals surface area contributed by atoms with Crippen molar-refractivity contribution in [1.82, 2.24) is 5.32 Å². The van der Waals surface area contributed by atoms with E-state index in [2.05, 4.69) is 19.2 Å². The number of benzene rings is 1. The topological polar surface area (TPSA) is 50.7 Å². The second kappa shape index (κ2) is 6.78. The molecule has 0 saturated heterocycles. The molecule has 1 aromatic rings. The van der Waals surface area contributed by atoms with E-state index in [0.717, 1.165) is 17.1 Å². The highest BCUT2D eigenvalue weighted by molar-refractivity contribution is 5.40. The highest BCUT2D eigenvalue weighted by Crippen LogP contribution is 2.25. The van der Waals surface area contributed by atoms with Gasteiger partial charge in [0.2, 0.25) is 0 Å². The van der Waals surface area contributed by atoms with Crippen LogP contribution in [0.4, 0.5) is 0 Å². The molecule has 0 bridgehead atoms. The third kappa shape index (κ3) is 5.94. The highest BCUT2D eigenvalue weighted by Gasteiger charge is 2.15. The monoisotopic (exact) mass is 267 g/mol. The number of ether oxygens (including phenoxy) is 2. The van der Waals surface area contributed by atoms with E-state index in [1.807, 2.05) is 18.2 Å². The Kier molecular flexibility index (Phi) is 5.63. The molecular formula is C15H25NO3. The van der Waals surface area contributed by atoms with E-state index in [1.54, 1.807) is 21.0 Å². The minimum absolute atomic E-state index is 0.258. The summed E-state index contributed by atoms with van der Waals surface area (Å²) in [5.41, 5.74) is 0.181. The van der Waals surface area contributed by atoms with Crippen molar-refractivity contribution in [2.75, 3.05) is 13.7 Å². The largest absolute Gasteiger partial charge is 0.497 e. The summed E-state index contributed by atoms with van der Waals surface area (Å²) in [5.74, 6) is 1.58. The summed E-state index contributed by atoms with van der Waals surface area (Å²) < 4.78 is 10.9. The summed E-state index contributed by atoms with van der Waals surface area (Å²) in [7, 11) is 1.65. The smallest absolute Gasteiger partial charge is 0.124 e. The average Bonchev–Trinajstić information content (AvgIpc) is 2.33. The third-order valence-corrected chi connectivity index (χ3v) is 2.55. The molecule has 0 saturated carbocycles. The first-order chi connectivity index (χ1) is 8.81. The van der Waals surface area contributed by atoms with Crippen LogP contribution in [0.25, 0.3) is 0 Å². The Morgan fingerprint density at radius 3 is 2.53 bits per heavy atom. The molecule has 0 amide bonds. The first kappa shape index (κ1) is 15.8. The van der Waals surface area contributed by atoms with Gasteiger partial charge in [0, 0.05) is 18.2 Å². The minimum atomic E-state index is -0.845. The molecule has 0 aliphatic rings. The summed E-state index contributed by atoms with van der Waals surface area (Å²) >= 11 is 0. The van der Waals surface area contributed by atoms with E-state index in [9.17, 15) is 5.11 Å². The van der Waals surface area contributed by atoms with Gasteiger partial charge < -0.3 is 19.9 Å². The van der Waals surface area contributed by atoms with Crippen LogP contribution in [0.3, 0.4) is 0 Å². The fourth-order valence-corrected chi connectivity index (χ4v) is 1.53. The molecule has 0 aliphatic carbocycles. The van der Waals surface area contributed by atoms with Crippen molar-refractivity contribution in [3.8, 4) is 11.5 Å². The van der Waals surface area contributed by atoms with E-state index in [0.29, 0.717) is 12.6 Å². The van der Waals surface area contributed by atoms with Gasteiger partial charge >= 0.3 is 0 Å². The van der Waals surface area contributed by atoms with Gasteiger partial charge in [0.15, 0.2) is 0 Å². The van der Waals surface area contributed by atoms with Crippen LogP contribution >= 0.6 is 0 Å². The van der Waals surface area contributed by atoms with E-state index in [4.69, 9.17) is 9.47 Å². The van der Waals surface area contributed by atoms with E-state index < -0.39 is 5.60 Å². The normalized spacial score (nSPS) is 11.7. The molecule has 2 N–H and O–H groups in total. The number of hydrogen-bond donors (Lipinski definition) is 2. The lowest BCUT2D eigenvalue weighted by Crippen LogP contribution is -2.28. The van der Waals surface area contributed by atoms with Crippen molar-refractivity contribution in [3.63, 3.8) is 0 Å².